The quantitative estimate of drug-likeness (QED) is 0.884. The van der Waals surface area contributed by atoms with Gasteiger partial charge in [0.1, 0.15) is 11.6 Å². The molecular formula is C15H15F2N. The third kappa shape index (κ3) is 2.93. The van der Waals surface area contributed by atoms with Crippen LogP contribution in [-0.2, 0) is 12.0 Å². The molecule has 3 heteroatoms. The minimum atomic E-state index is -0.681. The molecule has 0 radical (unpaired) electrons. The average molecular weight is 247 g/mol. The first kappa shape index (κ1) is 12.7. The molecule has 0 saturated heterocycles. The molecule has 0 amide bonds. The molecule has 0 bridgehead atoms. The van der Waals surface area contributed by atoms with E-state index < -0.39 is 5.54 Å². The van der Waals surface area contributed by atoms with Gasteiger partial charge < -0.3 is 5.73 Å². The third-order valence-electron chi connectivity index (χ3n) is 2.97. The second-order valence-corrected chi connectivity index (χ2v) is 4.73. The molecule has 0 aliphatic rings. The van der Waals surface area contributed by atoms with E-state index in [4.69, 9.17) is 5.73 Å². The molecule has 0 aromatic heterocycles. The highest BCUT2D eigenvalue weighted by Crippen LogP contribution is 2.23. The van der Waals surface area contributed by atoms with Crippen LogP contribution >= 0.6 is 0 Å². The first-order chi connectivity index (χ1) is 8.47. The van der Waals surface area contributed by atoms with Gasteiger partial charge in [-0.1, -0.05) is 24.3 Å². The second kappa shape index (κ2) is 4.86. The minimum Gasteiger partial charge on any atom is -0.321 e. The van der Waals surface area contributed by atoms with E-state index >= 15 is 0 Å². The van der Waals surface area contributed by atoms with E-state index in [-0.39, 0.29) is 11.6 Å². The summed E-state index contributed by atoms with van der Waals surface area (Å²) in [6.07, 6.45) is 0.525. The number of benzene rings is 2. The lowest BCUT2D eigenvalue weighted by atomic mass is 9.86. The Balaban J connectivity index is 2.23. The van der Waals surface area contributed by atoms with E-state index in [2.05, 4.69) is 0 Å². The molecule has 0 heterocycles. The summed E-state index contributed by atoms with van der Waals surface area (Å²) in [6, 6.07) is 12.4. The Hall–Kier alpha value is -1.74. The Morgan fingerprint density at radius 3 is 2.28 bits per heavy atom. The Bertz CT molecular complexity index is 532. The molecule has 0 aliphatic carbocycles. The van der Waals surface area contributed by atoms with Gasteiger partial charge in [0.25, 0.3) is 0 Å². The molecule has 0 spiro atoms. The topological polar surface area (TPSA) is 26.0 Å². The molecular weight excluding hydrogens is 232 g/mol. The molecule has 2 aromatic rings. The van der Waals surface area contributed by atoms with Gasteiger partial charge in [0.15, 0.2) is 0 Å². The van der Waals surface area contributed by atoms with Crippen molar-refractivity contribution in [2.24, 2.45) is 5.73 Å². The average Bonchev–Trinajstić information content (AvgIpc) is 2.32. The highest BCUT2D eigenvalue weighted by molar-refractivity contribution is 5.28. The van der Waals surface area contributed by atoms with Crippen molar-refractivity contribution in [2.75, 3.05) is 0 Å². The molecule has 1 unspecified atom stereocenters. The lowest BCUT2D eigenvalue weighted by Gasteiger charge is -2.25. The van der Waals surface area contributed by atoms with Gasteiger partial charge in [0, 0.05) is 5.54 Å². The maximum Gasteiger partial charge on any atom is 0.123 e. The Morgan fingerprint density at radius 2 is 1.67 bits per heavy atom. The fourth-order valence-corrected chi connectivity index (χ4v) is 1.97. The summed E-state index contributed by atoms with van der Waals surface area (Å²) in [5.41, 5.74) is 7.19. The highest BCUT2D eigenvalue weighted by atomic mass is 19.1. The predicted octanol–water partition coefficient (Wildman–Crippen LogP) is 3.38. The van der Waals surface area contributed by atoms with Crippen LogP contribution in [0.25, 0.3) is 0 Å². The van der Waals surface area contributed by atoms with E-state index in [1.165, 1.54) is 24.3 Å². The summed E-state index contributed by atoms with van der Waals surface area (Å²) >= 11 is 0. The summed E-state index contributed by atoms with van der Waals surface area (Å²) in [5.74, 6) is -0.577. The van der Waals surface area contributed by atoms with Crippen molar-refractivity contribution in [2.45, 2.75) is 18.9 Å². The lowest BCUT2D eigenvalue weighted by Crippen LogP contribution is -2.35. The van der Waals surface area contributed by atoms with Crippen LogP contribution in [0.4, 0.5) is 8.78 Å². The largest absolute Gasteiger partial charge is 0.321 e. The van der Waals surface area contributed by atoms with Gasteiger partial charge in [0.05, 0.1) is 0 Å². The van der Waals surface area contributed by atoms with Crippen molar-refractivity contribution in [3.8, 4) is 0 Å². The van der Waals surface area contributed by atoms with Gasteiger partial charge >= 0.3 is 0 Å². The molecule has 0 aliphatic heterocycles. The molecule has 18 heavy (non-hydrogen) atoms. The molecule has 2 rings (SSSR count). The van der Waals surface area contributed by atoms with Crippen LogP contribution in [0, 0.1) is 11.6 Å². The van der Waals surface area contributed by atoms with Crippen LogP contribution in [0.5, 0.6) is 0 Å². The van der Waals surface area contributed by atoms with Gasteiger partial charge in [-0.05, 0) is 48.7 Å². The monoisotopic (exact) mass is 247 g/mol. The highest BCUT2D eigenvalue weighted by Gasteiger charge is 2.22. The standard InChI is InChI=1S/C15H15F2N/c1-15(18,12-3-2-4-14(17)9-12)10-11-5-7-13(16)8-6-11/h2-9H,10,18H2,1H3. The van der Waals surface area contributed by atoms with Crippen molar-refractivity contribution in [1.29, 1.82) is 0 Å². The van der Waals surface area contributed by atoms with Crippen LogP contribution in [0.1, 0.15) is 18.1 Å². The zero-order valence-electron chi connectivity index (χ0n) is 10.2. The Labute approximate surface area is 105 Å². The van der Waals surface area contributed by atoms with Gasteiger partial charge in [0.2, 0.25) is 0 Å². The van der Waals surface area contributed by atoms with E-state index in [9.17, 15) is 8.78 Å². The second-order valence-electron chi connectivity index (χ2n) is 4.73. The van der Waals surface area contributed by atoms with Crippen molar-refractivity contribution >= 4 is 0 Å². The van der Waals surface area contributed by atoms with Gasteiger partial charge in [-0.2, -0.15) is 0 Å². The van der Waals surface area contributed by atoms with E-state index in [1.807, 2.05) is 6.92 Å². The van der Waals surface area contributed by atoms with Crippen molar-refractivity contribution in [3.05, 3.63) is 71.3 Å². The summed E-state index contributed by atoms with van der Waals surface area (Å²) in [7, 11) is 0. The number of hydrogen-bond donors (Lipinski definition) is 1. The number of nitrogens with two attached hydrogens (primary N) is 1. The number of halogens is 2. The first-order valence-electron chi connectivity index (χ1n) is 5.77. The molecule has 1 atom stereocenters. The Morgan fingerprint density at radius 1 is 1.00 bits per heavy atom. The molecule has 2 aromatic carbocycles. The maximum absolute atomic E-state index is 13.2. The fraction of sp³-hybridized carbons (Fsp3) is 0.200. The zero-order valence-corrected chi connectivity index (χ0v) is 10.2. The Kier molecular flexibility index (Phi) is 3.43. The fourth-order valence-electron chi connectivity index (χ4n) is 1.97. The minimum absolute atomic E-state index is 0.275. The van der Waals surface area contributed by atoms with Crippen LogP contribution in [0.2, 0.25) is 0 Å². The molecule has 0 fully saturated rings. The van der Waals surface area contributed by atoms with Crippen LogP contribution in [-0.4, -0.2) is 0 Å². The summed E-state index contributed by atoms with van der Waals surface area (Å²) < 4.78 is 26.0. The van der Waals surface area contributed by atoms with Crippen LogP contribution in [0.15, 0.2) is 48.5 Å². The smallest absolute Gasteiger partial charge is 0.123 e. The maximum atomic E-state index is 13.2. The van der Waals surface area contributed by atoms with Crippen LogP contribution in [0.3, 0.4) is 0 Å². The molecule has 2 N–H and O–H groups in total. The van der Waals surface area contributed by atoms with Crippen molar-refractivity contribution in [3.63, 3.8) is 0 Å². The summed E-state index contributed by atoms with van der Waals surface area (Å²) in [4.78, 5) is 0. The van der Waals surface area contributed by atoms with Crippen molar-refractivity contribution < 1.29 is 8.78 Å². The molecule has 94 valence electrons. The number of rotatable bonds is 3. The van der Waals surface area contributed by atoms with Gasteiger partial charge in [-0.15, -0.1) is 0 Å². The SMILES string of the molecule is CC(N)(Cc1ccc(F)cc1)c1cccc(F)c1. The molecule has 0 saturated carbocycles. The zero-order chi connectivity index (χ0) is 13.2. The van der Waals surface area contributed by atoms with Crippen LogP contribution < -0.4 is 5.73 Å². The van der Waals surface area contributed by atoms with Gasteiger partial charge in [-0.25, -0.2) is 8.78 Å². The van der Waals surface area contributed by atoms with E-state index in [1.54, 1.807) is 24.3 Å². The summed E-state index contributed by atoms with van der Waals surface area (Å²) in [5, 5.41) is 0. The van der Waals surface area contributed by atoms with Gasteiger partial charge in [-0.3, -0.25) is 0 Å². The molecule has 1 nitrogen and oxygen atoms in total. The number of hydrogen-bond acceptors (Lipinski definition) is 1. The van der Waals surface area contributed by atoms with Crippen molar-refractivity contribution in [1.82, 2.24) is 0 Å². The lowest BCUT2D eigenvalue weighted by molar-refractivity contribution is 0.485. The van der Waals surface area contributed by atoms with E-state index in [0.717, 1.165) is 11.1 Å². The predicted molar refractivity (Wildman–Crippen MR) is 68.0 cm³/mol. The van der Waals surface area contributed by atoms with E-state index in [0.29, 0.717) is 6.42 Å². The summed E-state index contributed by atoms with van der Waals surface area (Å²) in [6.45, 7) is 1.84. The third-order valence-corrected chi connectivity index (χ3v) is 2.97. The first-order valence-corrected chi connectivity index (χ1v) is 5.77. The normalized spacial score (nSPS) is 14.2.